The van der Waals surface area contributed by atoms with Crippen LogP contribution < -0.4 is 10.6 Å². The van der Waals surface area contributed by atoms with Crippen molar-refractivity contribution in [2.24, 2.45) is 11.3 Å². The second kappa shape index (κ2) is 13.2. The van der Waals surface area contributed by atoms with Crippen molar-refractivity contribution in [1.82, 2.24) is 15.5 Å². The average Bonchev–Trinajstić information content (AvgIpc) is 3.79. The molecule has 3 aliphatic heterocycles. The highest BCUT2D eigenvalue weighted by Gasteiger charge is 2.71. The molecule has 3 heterocycles. The molecule has 3 amide bonds. The monoisotopic (exact) mass is 605 g/mol. The average molecular weight is 606 g/mol. The first kappa shape index (κ1) is 33.4. The smallest absolute Gasteiger partial charge is 0.328 e. The van der Waals surface area contributed by atoms with Gasteiger partial charge in [-0.25, -0.2) is 9.59 Å². The number of carbonyl (C=O) groups excluding carboxylic acids is 4. The highest BCUT2D eigenvalue weighted by atomic mass is 16.6. The number of methoxy groups -OCH3 is 1. The lowest BCUT2D eigenvalue weighted by Gasteiger charge is -2.43. The van der Waals surface area contributed by atoms with Crippen LogP contribution in [-0.4, -0.2) is 97.5 Å². The zero-order valence-electron chi connectivity index (χ0n) is 27.0. The maximum atomic E-state index is 12.8. The molecule has 2 N–H and O–H groups in total. The lowest BCUT2D eigenvalue weighted by atomic mass is 9.67. The highest BCUT2D eigenvalue weighted by Crippen LogP contribution is 2.59. The second-order valence-corrected chi connectivity index (χ2v) is 14.0. The first-order valence-electron chi connectivity index (χ1n) is 15.7. The normalized spacial score (nSPS) is 33.1. The van der Waals surface area contributed by atoms with Crippen molar-refractivity contribution in [2.45, 2.75) is 122 Å². The Hall–Kier alpha value is -2.50. The van der Waals surface area contributed by atoms with Gasteiger partial charge >= 0.3 is 12.0 Å². The lowest BCUT2D eigenvalue weighted by Crippen LogP contribution is -2.60. The summed E-state index contributed by atoms with van der Waals surface area (Å²) in [7, 11) is 1.67. The van der Waals surface area contributed by atoms with Crippen molar-refractivity contribution in [3.63, 3.8) is 0 Å². The minimum atomic E-state index is -0.656. The number of amides is 3. The van der Waals surface area contributed by atoms with E-state index in [4.69, 9.17) is 18.9 Å². The number of carbonyl (C=O) groups is 4. The van der Waals surface area contributed by atoms with Crippen molar-refractivity contribution in [2.75, 3.05) is 33.4 Å². The molecule has 0 aromatic carbocycles. The minimum absolute atomic E-state index is 0.00998. The maximum absolute atomic E-state index is 12.8. The van der Waals surface area contributed by atoms with Gasteiger partial charge in [-0.15, -0.1) is 0 Å². The van der Waals surface area contributed by atoms with E-state index < -0.39 is 17.4 Å². The summed E-state index contributed by atoms with van der Waals surface area (Å²) in [5.41, 5.74) is 0.0989. The molecule has 11 heteroatoms. The standard InChI is InChI=1S/C32H51N3O8/c1-20(2)10-12-24-31(6,43-24)27-26(40-7)21(14-15-32(27)19-42-32)34-29(39)33-16-18-41-28(38)22-9-8-17-35(22)25(37)13-11-23(36)30(3,4)5/h10,21-22,24,26-27H,8-9,11-19H2,1-7H3,(H2,33,34,39)/t21-,22+,24-,26-,27-,31+,32+/m1/s1. The molecule has 1 spiro atoms. The number of epoxide rings is 2. The summed E-state index contributed by atoms with van der Waals surface area (Å²) in [6.07, 6.45) is 5.84. The van der Waals surface area contributed by atoms with E-state index in [2.05, 4.69) is 37.5 Å². The van der Waals surface area contributed by atoms with Gasteiger partial charge in [0, 0.05) is 37.8 Å². The van der Waals surface area contributed by atoms with Crippen LogP contribution in [-0.2, 0) is 33.3 Å². The van der Waals surface area contributed by atoms with E-state index in [0.717, 1.165) is 19.3 Å². The van der Waals surface area contributed by atoms with E-state index >= 15 is 0 Å². The largest absolute Gasteiger partial charge is 0.462 e. The maximum Gasteiger partial charge on any atom is 0.328 e. The van der Waals surface area contributed by atoms with Gasteiger partial charge in [-0.2, -0.15) is 0 Å². The van der Waals surface area contributed by atoms with Crippen molar-refractivity contribution in [1.29, 1.82) is 0 Å². The molecule has 0 aromatic heterocycles. The Kier molecular flexibility index (Phi) is 10.3. The van der Waals surface area contributed by atoms with Gasteiger partial charge < -0.3 is 34.5 Å². The highest BCUT2D eigenvalue weighted by molar-refractivity contribution is 5.90. The molecule has 3 saturated heterocycles. The zero-order chi connectivity index (χ0) is 31.6. The van der Waals surface area contributed by atoms with Gasteiger partial charge in [0.15, 0.2) is 0 Å². The fourth-order valence-electron chi connectivity index (χ4n) is 6.82. The number of likely N-dealkylation sites (tertiary alicyclic amines) is 1. The molecule has 4 aliphatic rings. The van der Waals surface area contributed by atoms with Gasteiger partial charge in [-0.1, -0.05) is 32.4 Å². The third-order valence-corrected chi connectivity index (χ3v) is 9.49. The number of rotatable bonds is 12. The van der Waals surface area contributed by atoms with E-state index in [1.807, 2.05) is 20.8 Å². The van der Waals surface area contributed by atoms with Crippen LogP contribution in [0.2, 0.25) is 0 Å². The molecule has 7 atom stereocenters. The second-order valence-electron chi connectivity index (χ2n) is 14.0. The molecule has 4 rings (SSSR count). The Labute approximate surface area is 255 Å². The van der Waals surface area contributed by atoms with E-state index in [9.17, 15) is 19.2 Å². The number of Topliss-reactive ketones (excluding diaryl/α,β-unsaturated/α-hetero) is 1. The summed E-state index contributed by atoms with van der Waals surface area (Å²) in [5, 5.41) is 5.84. The number of esters is 1. The van der Waals surface area contributed by atoms with Crippen LogP contribution in [0.4, 0.5) is 4.79 Å². The number of hydrogen-bond acceptors (Lipinski definition) is 8. The molecular weight excluding hydrogens is 554 g/mol. The quantitative estimate of drug-likeness (QED) is 0.150. The van der Waals surface area contributed by atoms with Crippen LogP contribution >= 0.6 is 0 Å². The molecule has 0 aromatic rings. The number of ketones is 1. The molecule has 1 saturated carbocycles. The van der Waals surface area contributed by atoms with Crippen molar-refractivity contribution in [3.8, 4) is 0 Å². The van der Waals surface area contributed by atoms with Crippen molar-refractivity contribution >= 4 is 23.7 Å². The molecule has 0 bridgehead atoms. The Bertz CT molecular complexity index is 1090. The number of allylic oxidation sites excluding steroid dienone is 1. The van der Waals surface area contributed by atoms with E-state index in [1.54, 1.807) is 7.11 Å². The molecule has 43 heavy (non-hydrogen) atoms. The molecule has 4 fully saturated rings. The summed E-state index contributed by atoms with van der Waals surface area (Å²) in [6.45, 7) is 13.0. The summed E-state index contributed by atoms with van der Waals surface area (Å²) < 4.78 is 23.6. The molecule has 0 unspecified atom stereocenters. The van der Waals surface area contributed by atoms with Crippen LogP contribution in [0.25, 0.3) is 0 Å². The molecule has 0 radical (unpaired) electrons. The van der Waals surface area contributed by atoms with Crippen LogP contribution in [0, 0.1) is 11.3 Å². The molecular formula is C32H51N3O8. The number of urea groups is 1. The first-order chi connectivity index (χ1) is 20.2. The predicted molar refractivity (Wildman–Crippen MR) is 159 cm³/mol. The van der Waals surface area contributed by atoms with Crippen molar-refractivity contribution < 1.29 is 38.1 Å². The number of hydrogen-bond donors (Lipinski definition) is 2. The number of ether oxygens (including phenoxy) is 4. The summed E-state index contributed by atoms with van der Waals surface area (Å²) >= 11 is 0. The Morgan fingerprint density at radius 3 is 2.47 bits per heavy atom. The number of nitrogens with one attached hydrogen (secondary N) is 2. The van der Waals surface area contributed by atoms with E-state index in [0.29, 0.717) is 26.0 Å². The number of nitrogens with zero attached hydrogens (tertiary/aromatic N) is 1. The molecule has 11 nitrogen and oxygen atoms in total. The van der Waals surface area contributed by atoms with Crippen LogP contribution in [0.15, 0.2) is 11.6 Å². The van der Waals surface area contributed by atoms with Gasteiger partial charge in [0.25, 0.3) is 0 Å². The molecule has 1 aliphatic carbocycles. The van der Waals surface area contributed by atoms with Crippen molar-refractivity contribution in [3.05, 3.63) is 11.6 Å². The van der Waals surface area contributed by atoms with Gasteiger partial charge in [0.2, 0.25) is 5.91 Å². The Morgan fingerprint density at radius 1 is 1.12 bits per heavy atom. The predicted octanol–water partition coefficient (Wildman–Crippen LogP) is 3.29. The van der Waals surface area contributed by atoms with Crippen LogP contribution in [0.1, 0.15) is 86.5 Å². The van der Waals surface area contributed by atoms with Gasteiger partial charge in [0.1, 0.15) is 24.0 Å². The fourth-order valence-corrected chi connectivity index (χ4v) is 6.82. The SMILES string of the molecule is CO[C@@H]1[C@H](NC(=O)NCCOC(=O)[C@@H]2CCCN2C(=O)CCC(=O)C(C)(C)C)CC[C@]2(CO2)[C@H]1[C@@]1(C)O[C@@H]1CC=C(C)C. The van der Waals surface area contributed by atoms with Gasteiger partial charge in [0.05, 0.1) is 37.0 Å². The zero-order valence-corrected chi connectivity index (χ0v) is 27.0. The topological polar surface area (TPSA) is 139 Å². The summed E-state index contributed by atoms with van der Waals surface area (Å²) in [4.78, 5) is 52.1. The molecule has 242 valence electrons. The fraction of sp³-hybridized carbons (Fsp3) is 0.812. The summed E-state index contributed by atoms with van der Waals surface area (Å²) in [6, 6.07) is -1.24. The van der Waals surface area contributed by atoms with Crippen LogP contribution in [0.3, 0.4) is 0 Å². The first-order valence-corrected chi connectivity index (χ1v) is 15.7. The van der Waals surface area contributed by atoms with E-state index in [-0.39, 0.29) is 79.1 Å². The van der Waals surface area contributed by atoms with E-state index in [1.165, 1.54) is 10.5 Å². The van der Waals surface area contributed by atoms with Crippen LogP contribution in [0.5, 0.6) is 0 Å². The third-order valence-electron chi connectivity index (χ3n) is 9.49. The lowest BCUT2D eigenvalue weighted by molar-refractivity contribution is -0.153. The Balaban J connectivity index is 1.22. The van der Waals surface area contributed by atoms with Gasteiger partial charge in [-0.3, -0.25) is 9.59 Å². The summed E-state index contributed by atoms with van der Waals surface area (Å²) in [5.74, 6) is -0.688. The third kappa shape index (κ3) is 7.78. The Morgan fingerprint density at radius 2 is 1.84 bits per heavy atom. The van der Waals surface area contributed by atoms with Gasteiger partial charge in [-0.05, 0) is 52.9 Å². The minimum Gasteiger partial charge on any atom is -0.462 e.